The quantitative estimate of drug-likeness (QED) is 0.606. The number of aromatic amines is 1. The maximum Gasteiger partial charge on any atom is 0.258 e. The molecule has 176 valence electrons. The Morgan fingerprint density at radius 2 is 1.52 bits per heavy atom. The molecule has 1 saturated heterocycles. The van der Waals surface area contributed by atoms with Crippen LogP contribution in [0.1, 0.15) is 33.6 Å². The number of piperazine rings is 1. The van der Waals surface area contributed by atoms with Gasteiger partial charge in [-0.05, 0) is 80.6 Å². The zero-order valence-electron chi connectivity index (χ0n) is 19.6. The Balaban J connectivity index is 1.52. The molecule has 0 radical (unpaired) electrons. The van der Waals surface area contributed by atoms with Crippen molar-refractivity contribution in [2.45, 2.75) is 46.1 Å². The summed E-state index contributed by atoms with van der Waals surface area (Å²) in [7, 11) is -3.60. The van der Waals surface area contributed by atoms with E-state index < -0.39 is 10.0 Å². The molecule has 0 saturated carbocycles. The molecule has 4 rings (SSSR count). The van der Waals surface area contributed by atoms with Crippen molar-refractivity contribution in [1.29, 1.82) is 0 Å². The third-order valence-electron chi connectivity index (χ3n) is 6.95. The highest BCUT2D eigenvalue weighted by atomic mass is 35.5. The second kappa shape index (κ2) is 8.83. The van der Waals surface area contributed by atoms with Gasteiger partial charge in [0.2, 0.25) is 10.0 Å². The van der Waals surface area contributed by atoms with Gasteiger partial charge < -0.3 is 4.98 Å². The maximum atomic E-state index is 13.6. The van der Waals surface area contributed by atoms with Crippen molar-refractivity contribution in [2.24, 2.45) is 0 Å². The second-order valence-corrected chi connectivity index (χ2v) is 11.1. The first-order valence-corrected chi connectivity index (χ1v) is 12.8. The van der Waals surface area contributed by atoms with E-state index in [-0.39, 0.29) is 5.56 Å². The van der Waals surface area contributed by atoms with Gasteiger partial charge in [0.15, 0.2) is 0 Å². The number of nitrogens with one attached hydrogen (secondary N) is 1. The van der Waals surface area contributed by atoms with Crippen LogP contribution in [-0.2, 0) is 16.6 Å². The van der Waals surface area contributed by atoms with Crippen LogP contribution in [0.3, 0.4) is 0 Å². The van der Waals surface area contributed by atoms with Crippen LogP contribution >= 0.6 is 11.6 Å². The lowest BCUT2D eigenvalue weighted by Gasteiger charge is -2.34. The first kappa shape index (κ1) is 23.9. The van der Waals surface area contributed by atoms with Gasteiger partial charge in [0, 0.05) is 31.2 Å². The van der Waals surface area contributed by atoms with Crippen LogP contribution in [0.5, 0.6) is 0 Å². The molecule has 9 heteroatoms. The van der Waals surface area contributed by atoms with Crippen molar-refractivity contribution in [3.63, 3.8) is 0 Å². The molecular weight excluding hydrogens is 460 g/mol. The molecule has 0 spiro atoms. The number of nitrogens with zero attached hydrogens (tertiary/aromatic N) is 3. The number of rotatable bonds is 4. The lowest BCUT2D eigenvalue weighted by Crippen LogP contribution is -2.48. The third-order valence-corrected chi connectivity index (χ3v) is 9.36. The highest BCUT2D eigenvalue weighted by molar-refractivity contribution is 7.89. The number of aromatic nitrogens is 2. The van der Waals surface area contributed by atoms with Crippen molar-refractivity contribution in [1.82, 2.24) is 19.2 Å². The van der Waals surface area contributed by atoms with Crippen LogP contribution in [0.2, 0.25) is 5.02 Å². The van der Waals surface area contributed by atoms with Gasteiger partial charge >= 0.3 is 0 Å². The first-order chi connectivity index (χ1) is 15.5. The predicted molar refractivity (Wildman–Crippen MR) is 132 cm³/mol. The molecule has 0 unspecified atom stereocenters. The van der Waals surface area contributed by atoms with Gasteiger partial charge in [0.25, 0.3) is 5.56 Å². The fourth-order valence-corrected chi connectivity index (χ4v) is 6.71. The minimum atomic E-state index is -3.60. The average Bonchev–Trinajstić information content (AvgIpc) is 2.77. The monoisotopic (exact) mass is 488 g/mol. The molecule has 1 aromatic heterocycles. The van der Waals surface area contributed by atoms with E-state index in [1.807, 2.05) is 34.6 Å². The average molecular weight is 489 g/mol. The predicted octanol–water partition coefficient (Wildman–Crippen LogP) is 3.63. The molecular formula is C24H29ClN4O3S. The topological polar surface area (TPSA) is 86.4 Å². The second-order valence-electron chi connectivity index (χ2n) is 8.81. The largest absolute Gasteiger partial charge is 0.309 e. The minimum Gasteiger partial charge on any atom is -0.309 e. The summed E-state index contributed by atoms with van der Waals surface area (Å²) in [5.41, 5.74) is 5.23. The Morgan fingerprint density at radius 1 is 0.939 bits per heavy atom. The highest BCUT2D eigenvalue weighted by Gasteiger charge is 2.32. The summed E-state index contributed by atoms with van der Waals surface area (Å²) in [4.78, 5) is 22.3. The number of hydrogen-bond acceptors (Lipinski definition) is 5. The normalized spacial score (nSPS) is 15.9. The summed E-state index contributed by atoms with van der Waals surface area (Å²) < 4.78 is 28.7. The Kier molecular flexibility index (Phi) is 6.39. The van der Waals surface area contributed by atoms with Crippen LogP contribution in [0, 0.1) is 34.6 Å². The van der Waals surface area contributed by atoms with Gasteiger partial charge in [0.05, 0.1) is 22.3 Å². The van der Waals surface area contributed by atoms with Gasteiger partial charge in [-0.2, -0.15) is 4.31 Å². The number of sulfonamides is 1. The lowest BCUT2D eigenvalue weighted by atomic mass is 9.95. The Bertz CT molecular complexity index is 1380. The van der Waals surface area contributed by atoms with E-state index in [9.17, 15) is 13.2 Å². The zero-order chi connectivity index (χ0) is 24.1. The van der Waals surface area contributed by atoms with E-state index in [1.54, 1.807) is 22.5 Å². The molecule has 2 aromatic carbocycles. The molecule has 0 aliphatic carbocycles. The number of fused-ring (bicyclic) bond motifs is 1. The van der Waals surface area contributed by atoms with E-state index >= 15 is 0 Å². The Labute approximate surface area is 199 Å². The molecule has 1 aliphatic heterocycles. The van der Waals surface area contributed by atoms with E-state index in [1.165, 1.54) is 0 Å². The minimum absolute atomic E-state index is 0.227. The fourth-order valence-electron chi connectivity index (χ4n) is 4.56. The molecule has 3 aromatic rings. The molecule has 2 heterocycles. The summed E-state index contributed by atoms with van der Waals surface area (Å²) >= 11 is 5.98. The van der Waals surface area contributed by atoms with E-state index in [0.717, 1.165) is 27.8 Å². The smallest absolute Gasteiger partial charge is 0.258 e. The first-order valence-electron chi connectivity index (χ1n) is 11.0. The summed E-state index contributed by atoms with van der Waals surface area (Å²) in [6.45, 7) is 12.1. The molecule has 1 fully saturated rings. The summed E-state index contributed by atoms with van der Waals surface area (Å²) in [6, 6.07) is 5.05. The van der Waals surface area contributed by atoms with E-state index in [0.29, 0.717) is 59.4 Å². The number of hydrogen-bond donors (Lipinski definition) is 1. The van der Waals surface area contributed by atoms with Gasteiger partial charge in [-0.1, -0.05) is 11.6 Å². The highest BCUT2D eigenvalue weighted by Crippen LogP contribution is 2.32. The molecule has 33 heavy (non-hydrogen) atoms. The van der Waals surface area contributed by atoms with Crippen LogP contribution in [0.25, 0.3) is 10.9 Å². The Morgan fingerprint density at radius 3 is 2.12 bits per heavy atom. The third kappa shape index (κ3) is 4.33. The molecule has 1 aliphatic rings. The maximum absolute atomic E-state index is 13.6. The number of H-pyrrole nitrogens is 1. The van der Waals surface area contributed by atoms with Crippen molar-refractivity contribution >= 4 is 32.5 Å². The zero-order valence-corrected chi connectivity index (χ0v) is 21.2. The SMILES string of the molecule is Cc1c(C)c(C)c(S(=O)(=O)N2CCN(Cc3nc4ccc(Cl)cc4c(=O)[nH]3)CC2)c(C)c1C. The molecule has 0 amide bonds. The van der Waals surface area contributed by atoms with E-state index in [4.69, 9.17) is 11.6 Å². The van der Waals surface area contributed by atoms with Gasteiger partial charge in [-0.15, -0.1) is 0 Å². The van der Waals surface area contributed by atoms with Crippen molar-refractivity contribution in [3.05, 3.63) is 67.2 Å². The van der Waals surface area contributed by atoms with Crippen LogP contribution in [-0.4, -0.2) is 53.8 Å². The molecule has 0 bridgehead atoms. The molecule has 1 N–H and O–H groups in total. The van der Waals surface area contributed by atoms with Gasteiger partial charge in [0.1, 0.15) is 5.82 Å². The summed E-state index contributed by atoms with van der Waals surface area (Å²) in [5.74, 6) is 0.558. The van der Waals surface area contributed by atoms with Crippen LogP contribution in [0.4, 0.5) is 0 Å². The Hall–Kier alpha value is -2.26. The fraction of sp³-hybridized carbons (Fsp3) is 0.417. The van der Waals surface area contributed by atoms with Crippen molar-refractivity contribution in [2.75, 3.05) is 26.2 Å². The lowest BCUT2D eigenvalue weighted by molar-refractivity contribution is 0.178. The summed E-state index contributed by atoms with van der Waals surface area (Å²) in [6.07, 6.45) is 0. The van der Waals surface area contributed by atoms with Crippen LogP contribution in [0.15, 0.2) is 27.9 Å². The molecule has 0 atom stereocenters. The van der Waals surface area contributed by atoms with Crippen molar-refractivity contribution < 1.29 is 8.42 Å². The van der Waals surface area contributed by atoms with Crippen LogP contribution < -0.4 is 5.56 Å². The summed E-state index contributed by atoms with van der Waals surface area (Å²) in [5, 5.41) is 0.945. The van der Waals surface area contributed by atoms with E-state index in [2.05, 4.69) is 14.9 Å². The number of benzene rings is 2. The number of halogens is 1. The van der Waals surface area contributed by atoms with Gasteiger partial charge in [-0.25, -0.2) is 13.4 Å². The van der Waals surface area contributed by atoms with Gasteiger partial charge in [-0.3, -0.25) is 9.69 Å². The van der Waals surface area contributed by atoms with Crippen molar-refractivity contribution in [3.8, 4) is 0 Å². The standard InChI is InChI=1S/C24H29ClN4O3S/c1-14-15(2)17(4)23(18(5)16(14)3)33(31,32)29-10-8-28(9-11-29)13-22-26-21-7-6-19(25)12-20(21)24(30)27-22/h6-7,12H,8-11,13H2,1-5H3,(H,26,27,30). The molecule has 7 nitrogen and oxygen atoms in total.